The average Bonchev–Trinajstić information content (AvgIpc) is 2.36. The molecule has 0 amide bonds. The van der Waals surface area contributed by atoms with Crippen molar-refractivity contribution in [2.24, 2.45) is 0 Å². The smallest absolute Gasteiger partial charge is 0.214 e. The Hall–Kier alpha value is -2.36. The first-order valence-corrected chi connectivity index (χ1v) is 4.78. The van der Waals surface area contributed by atoms with Crippen molar-refractivity contribution in [2.75, 3.05) is 0 Å². The Labute approximate surface area is 91.0 Å². The van der Waals surface area contributed by atoms with Crippen molar-refractivity contribution in [2.45, 2.75) is 0 Å². The second kappa shape index (κ2) is 3.06. The van der Waals surface area contributed by atoms with Gasteiger partial charge in [0, 0.05) is 12.4 Å². The number of pyridine rings is 2. The lowest BCUT2D eigenvalue weighted by Crippen LogP contribution is -2.23. The number of nitrogens with zero attached hydrogens (tertiary/aromatic N) is 2. The Balaban J connectivity index is 2.35. The van der Waals surface area contributed by atoms with Crippen LogP contribution in [-0.4, -0.2) is 21.5 Å². The van der Waals surface area contributed by atoms with E-state index in [1.165, 1.54) is 12.4 Å². The van der Waals surface area contributed by atoms with Gasteiger partial charge in [0.1, 0.15) is 11.4 Å². The normalized spacial score (nSPS) is 13.2. The molecule has 0 N–H and O–H groups in total. The number of fused-ring (bicyclic) bond motifs is 2. The van der Waals surface area contributed by atoms with Crippen LogP contribution < -0.4 is 0 Å². The molecule has 0 aromatic carbocycles. The number of aromatic nitrogens is 2. The van der Waals surface area contributed by atoms with E-state index in [1.54, 1.807) is 24.3 Å². The van der Waals surface area contributed by atoms with Gasteiger partial charge >= 0.3 is 0 Å². The molecule has 1 aliphatic rings. The summed E-state index contributed by atoms with van der Waals surface area (Å²) < 4.78 is 0. The van der Waals surface area contributed by atoms with Gasteiger partial charge in [0.25, 0.3) is 0 Å². The summed E-state index contributed by atoms with van der Waals surface area (Å²) in [7, 11) is 0. The molecule has 4 heteroatoms. The Morgan fingerprint density at radius 3 is 1.62 bits per heavy atom. The van der Waals surface area contributed by atoms with Crippen molar-refractivity contribution in [1.29, 1.82) is 0 Å². The molecule has 0 aliphatic heterocycles. The molecule has 2 aromatic heterocycles. The van der Waals surface area contributed by atoms with Crippen LogP contribution in [0.2, 0.25) is 0 Å². The lowest BCUT2D eigenvalue weighted by atomic mass is 9.91. The molecule has 0 atom stereocenters. The van der Waals surface area contributed by atoms with Crippen molar-refractivity contribution >= 4 is 11.6 Å². The maximum Gasteiger partial charge on any atom is 0.214 e. The number of carbonyl (C=O) groups is 2. The third-order valence-electron chi connectivity index (χ3n) is 2.53. The summed E-state index contributed by atoms with van der Waals surface area (Å²) >= 11 is 0. The summed E-state index contributed by atoms with van der Waals surface area (Å²) in [6.07, 6.45) is 3.01. The van der Waals surface area contributed by atoms with Crippen LogP contribution >= 0.6 is 0 Å². The van der Waals surface area contributed by atoms with Crippen LogP contribution in [0.25, 0.3) is 0 Å². The minimum atomic E-state index is -0.238. The number of ketones is 2. The summed E-state index contributed by atoms with van der Waals surface area (Å²) in [4.78, 5) is 31.9. The quantitative estimate of drug-likeness (QED) is 0.560. The highest BCUT2D eigenvalue weighted by Gasteiger charge is 2.31. The molecule has 0 unspecified atom stereocenters. The van der Waals surface area contributed by atoms with E-state index in [4.69, 9.17) is 0 Å². The summed E-state index contributed by atoms with van der Waals surface area (Å²) in [5.41, 5.74) is 1.10. The van der Waals surface area contributed by atoms with E-state index < -0.39 is 0 Å². The van der Waals surface area contributed by atoms with Gasteiger partial charge in [0.2, 0.25) is 11.6 Å². The van der Waals surface area contributed by atoms with Crippen molar-refractivity contribution < 1.29 is 9.59 Å². The average molecular weight is 210 g/mol. The molecule has 4 nitrogen and oxygen atoms in total. The third kappa shape index (κ3) is 1.04. The molecule has 3 rings (SSSR count). The van der Waals surface area contributed by atoms with Crippen LogP contribution in [-0.2, 0) is 0 Å². The van der Waals surface area contributed by atoms with Crippen molar-refractivity contribution in [3.63, 3.8) is 0 Å². The van der Waals surface area contributed by atoms with Crippen molar-refractivity contribution in [3.8, 4) is 0 Å². The number of hydrogen-bond acceptors (Lipinski definition) is 4. The number of hydrogen-bond donors (Lipinski definition) is 0. The standard InChI is InChI=1S/C12H6N2O2/c15-11-7-3-1-5-13-9(7)12(16)8-4-2-6-14-10(8)11/h1-6H. The highest BCUT2D eigenvalue weighted by molar-refractivity contribution is 6.26. The highest BCUT2D eigenvalue weighted by Crippen LogP contribution is 2.23. The first kappa shape index (κ1) is 8.91. The first-order valence-electron chi connectivity index (χ1n) is 4.78. The van der Waals surface area contributed by atoms with Gasteiger partial charge in [-0.3, -0.25) is 19.6 Å². The summed E-state index contributed by atoms with van der Waals surface area (Å²) in [5, 5.41) is 0. The molecule has 2 heterocycles. The Morgan fingerprint density at radius 1 is 0.750 bits per heavy atom. The van der Waals surface area contributed by atoms with E-state index in [1.807, 2.05) is 0 Å². The van der Waals surface area contributed by atoms with Gasteiger partial charge in [-0.2, -0.15) is 0 Å². The summed E-state index contributed by atoms with van der Waals surface area (Å²) in [5.74, 6) is -0.475. The molecule has 0 fully saturated rings. The lowest BCUT2D eigenvalue weighted by molar-refractivity contribution is 0.0971. The van der Waals surface area contributed by atoms with E-state index in [0.29, 0.717) is 11.1 Å². The van der Waals surface area contributed by atoms with Gasteiger partial charge in [-0.15, -0.1) is 0 Å². The molecule has 0 saturated heterocycles. The Morgan fingerprint density at radius 2 is 1.19 bits per heavy atom. The number of rotatable bonds is 0. The van der Waals surface area contributed by atoms with E-state index in [0.717, 1.165) is 0 Å². The van der Waals surface area contributed by atoms with Crippen molar-refractivity contribution in [1.82, 2.24) is 9.97 Å². The minimum Gasteiger partial charge on any atom is -0.287 e. The summed E-state index contributed by atoms with van der Waals surface area (Å²) in [6, 6.07) is 6.47. The lowest BCUT2D eigenvalue weighted by Gasteiger charge is -2.14. The highest BCUT2D eigenvalue weighted by atomic mass is 16.1. The second-order valence-electron chi connectivity index (χ2n) is 3.46. The molecule has 0 radical (unpaired) electrons. The fourth-order valence-corrected chi connectivity index (χ4v) is 1.79. The maximum absolute atomic E-state index is 12.0. The molecule has 16 heavy (non-hydrogen) atoms. The van der Waals surface area contributed by atoms with E-state index in [-0.39, 0.29) is 23.0 Å². The molecule has 0 spiro atoms. The zero-order valence-corrected chi connectivity index (χ0v) is 8.18. The predicted molar refractivity (Wildman–Crippen MR) is 55.3 cm³/mol. The van der Waals surface area contributed by atoms with Crippen LogP contribution in [0.3, 0.4) is 0 Å². The van der Waals surface area contributed by atoms with E-state index in [2.05, 4.69) is 9.97 Å². The van der Waals surface area contributed by atoms with Crippen LogP contribution in [0.15, 0.2) is 36.7 Å². The SMILES string of the molecule is O=C1c2cccnc2C(=O)c2cccnc21. The Kier molecular flexibility index (Phi) is 1.71. The molecule has 1 aliphatic carbocycles. The summed E-state index contributed by atoms with van der Waals surface area (Å²) in [6.45, 7) is 0. The molecule has 0 saturated carbocycles. The van der Waals surface area contributed by atoms with Gasteiger partial charge in [0.05, 0.1) is 11.1 Å². The molecule has 2 aromatic rings. The molecule has 76 valence electrons. The van der Waals surface area contributed by atoms with Gasteiger partial charge in [0.15, 0.2) is 0 Å². The zero-order chi connectivity index (χ0) is 11.1. The predicted octanol–water partition coefficient (Wildman–Crippen LogP) is 1.25. The van der Waals surface area contributed by atoms with Crippen LogP contribution in [0.5, 0.6) is 0 Å². The van der Waals surface area contributed by atoms with E-state index >= 15 is 0 Å². The largest absolute Gasteiger partial charge is 0.287 e. The first-order chi connectivity index (χ1) is 7.79. The molecule has 0 bridgehead atoms. The fraction of sp³-hybridized carbons (Fsp3) is 0. The maximum atomic E-state index is 12.0. The van der Waals surface area contributed by atoms with Gasteiger partial charge in [-0.1, -0.05) is 0 Å². The topological polar surface area (TPSA) is 59.9 Å². The zero-order valence-electron chi connectivity index (χ0n) is 8.18. The fourth-order valence-electron chi connectivity index (χ4n) is 1.79. The van der Waals surface area contributed by atoms with Gasteiger partial charge in [-0.05, 0) is 24.3 Å². The van der Waals surface area contributed by atoms with Crippen molar-refractivity contribution in [3.05, 3.63) is 59.2 Å². The van der Waals surface area contributed by atoms with Crippen LogP contribution in [0.4, 0.5) is 0 Å². The van der Waals surface area contributed by atoms with Crippen LogP contribution in [0, 0.1) is 0 Å². The minimum absolute atomic E-state index is 0.216. The molecular weight excluding hydrogens is 204 g/mol. The molecular formula is C12H6N2O2. The Bertz CT molecular complexity index is 514. The number of carbonyl (C=O) groups excluding carboxylic acids is 2. The second-order valence-corrected chi connectivity index (χ2v) is 3.46. The van der Waals surface area contributed by atoms with E-state index in [9.17, 15) is 9.59 Å². The van der Waals surface area contributed by atoms with Gasteiger partial charge in [-0.25, -0.2) is 0 Å². The van der Waals surface area contributed by atoms with Gasteiger partial charge < -0.3 is 0 Å². The van der Waals surface area contributed by atoms with Crippen LogP contribution in [0.1, 0.15) is 32.1 Å². The third-order valence-corrected chi connectivity index (χ3v) is 2.53. The monoisotopic (exact) mass is 210 g/mol.